The number of carbonyl (C=O) groups is 1. The molecule has 0 aliphatic carbocycles. The summed E-state index contributed by atoms with van der Waals surface area (Å²) in [4.78, 5) is 12.0. The third-order valence-corrected chi connectivity index (χ3v) is 5.38. The normalized spacial score (nSPS) is 11.3. The van der Waals surface area contributed by atoms with Crippen molar-refractivity contribution in [2.45, 2.75) is 4.90 Å². The summed E-state index contributed by atoms with van der Waals surface area (Å²) < 4.78 is 49.9. The first-order valence-corrected chi connectivity index (χ1v) is 8.96. The van der Waals surface area contributed by atoms with Crippen molar-refractivity contribution >= 4 is 21.6 Å². The van der Waals surface area contributed by atoms with Crippen LogP contribution in [0.25, 0.3) is 0 Å². The van der Waals surface area contributed by atoms with Gasteiger partial charge in [0.15, 0.2) is 11.5 Å². The average molecular weight is 382 g/mol. The number of likely N-dealkylation sites (N-methyl/N-ethyl adjacent to an activating group) is 1. The molecule has 1 amide bonds. The molecule has 7 nitrogen and oxygen atoms in total. The molecule has 0 aliphatic heterocycles. The van der Waals surface area contributed by atoms with E-state index >= 15 is 0 Å². The number of benzene rings is 2. The van der Waals surface area contributed by atoms with Crippen molar-refractivity contribution in [2.75, 3.05) is 33.1 Å². The van der Waals surface area contributed by atoms with Gasteiger partial charge in [-0.15, -0.1) is 0 Å². The molecular weight excluding hydrogens is 363 g/mol. The highest BCUT2D eigenvalue weighted by atomic mass is 32.2. The van der Waals surface area contributed by atoms with E-state index in [1.165, 1.54) is 57.7 Å². The fourth-order valence-electron chi connectivity index (χ4n) is 2.20. The zero-order chi connectivity index (χ0) is 19.3. The Morgan fingerprint density at radius 3 is 2.38 bits per heavy atom. The third-order valence-electron chi connectivity index (χ3n) is 3.58. The van der Waals surface area contributed by atoms with Crippen LogP contribution >= 0.6 is 0 Å². The monoisotopic (exact) mass is 382 g/mol. The number of sulfonamides is 1. The molecular formula is C17H19FN2O5S. The highest BCUT2D eigenvalue weighted by molar-refractivity contribution is 7.89. The Labute approximate surface area is 151 Å². The van der Waals surface area contributed by atoms with Crippen LogP contribution in [0.15, 0.2) is 47.4 Å². The minimum absolute atomic E-state index is 0.0191. The molecule has 0 saturated heterocycles. The van der Waals surface area contributed by atoms with Gasteiger partial charge in [0.1, 0.15) is 5.82 Å². The van der Waals surface area contributed by atoms with Crippen LogP contribution in [0.5, 0.6) is 11.5 Å². The fraction of sp³-hybridized carbons (Fsp3) is 0.235. The van der Waals surface area contributed by atoms with Crippen LogP contribution in [0.2, 0.25) is 0 Å². The Hall–Kier alpha value is -2.65. The quantitative estimate of drug-likeness (QED) is 0.793. The van der Waals surface area contributed by atoms with E-state index in [0.29, 0.717) is 5.75 Å². The highest BCUT2D eigenvalue weighted by Crippen LogP contribution is 2.30. The Morgan fingerprint density at radius 1 is 1.12 bits per heavy atom. The molecule has 0 unspecified atom stereocenters. The molecule has 1 N–H and O–H groups in total. The van der Waals surface area contributed by atoms with Gasteiger partial charge in [-0.25, -0.2) is 12.8 Å². The van der Waals surface area contributed by atoms with Crippen molar-refractivity contribution in [3.63, 3.8) is 0 Å². The lowest BCUT2D eigenvalue weighted by molar-refractivity contribution is -0.116. The van der Waals surface area contributed by atoms with E-state index in [1.54, 1.807) is 6.07 Å². The van der Waals surface area contributed by atoms with Gasteiger partial charge in [-0.1, -0.05) is 12.1 Å². The zero-order valence-corrected chi connectivity index (χ0v) is 15.3. The van der Waals surface area contributed by atoms with Crippen LogP contribution in [-0.2, 0) is 14.8 Å². The van der Waals surface area contributed by atoms with E-state index in [2.05, 4.69) is 5.32 Å². The lowest BCUT2D eigenvalue weighted by Gasteiger charge is -2.18. The molecule has 26 heavy (non-hydrogen) atoms. The number of rotatable bonds is 7. The molecule has 0 aliphatic rings. The number of methoxy groups -OCH3 is 2. The lowest BCUT2D eigenvalue weighted by atomic mass is 10.3. The molecule has 2 rings (SSSR count). The van der Waals surface area contributed by atoms with Crippen molar-refractivity contribution in [1.29, 1.82) is 0 Å². The van der Waals surface area contributed by atoms with Crippen LogP contribution in [0.4, 0.5) is 10.1 Å². The van der Waals surface area contributed by atoms with Crippen molar-refractivity contribution in [3.8, 4) is 11.5 Å². The Morgan fingerprint density at radius 2 is 1.77 bits per heavy atom. The van der Waals surface area contributed by atoms with Gasteiger partial charge in [0.25, 0.3) is 0 Å². The molecule has 140 valence electrons. The van der Waals surface area contributed by atoms with Gasteiger partial charge in [-0.2, -0.15) is 4.31 Å². The summed E-state index contributed by atoms with van der Waals surface area (Å²) in [6, 6.07) is 9.73. The van der Waals surface area contributed by atoms with Crippen LogP contribution in [0.3, 0.4) is 0 Å². The summed E-state index contributed by atoms with van der Waals surface area (Å²) in [7, 11) is 0.131. The summed E-state index contributed by atoms with van der Waals surface area (Å²) in [6.45, 7) is -0.481. The van der Waals surface area contributed by atoms with Crippen LogP contribution in [-0.4, -0.2) is 46.4 Å². The van der Waals surface area contributed by atoms with Crippen molar-refractivity contribution < 1.29 is 27.1 Å². The van der Waals surface area contributed by atoms with Gasteiger partial charge in [-0.3, -0.25) is 4.79 Å². The molecule has 0 aromatic heterocycles. The number of amides is 1. The number of carbonyl (C=O) groups excluding carboxylic acids is 1. The predicted molar refractivity (Wildman–Crippen MR) is 94.4 cm³/mol. The topological polar surface area (TPSA) is 84.9 Å². The van der Waals surface area contributed by atoms with Crippen molar-refractivity contribution in [3.05, 3.63) is 48.3 Å². The first kappa shape index (κ1) is 19.7. The Balaban J connectivity index is 2.16. The number of para-hydroxylation sites is 1. The molecule has 9 heteroatoms. The van der Waals surface area contributed by atoms with E-state index in [-0.39, 0.29) is 16.3 Å². The summed E-state index contributed by atoms with van der Waals surface area (Å²) in [5.41, 5.74) is -0.0191. The molecule has 0 heterocycles. The second-order valence-electron chi connectivity index (χ2n) is 5.31. The number of hydrogen-bond acceptors (Lipinski definition) is 5. The second kappa shape index (κ2) is 8.15. The number of hydrogen-bond donors (Lipinski definition) is 1. The van der Waals surface area contributed by atoms with E-state index in [9.17, 15) is 17.6 Å². The van der Waals surface area contributed by atoms with Gasteiger partial charge in [0, 0.05) is 13.1 Å². The summed E-state index contributed by atoms with van der Waals surface area (Å²) in [5.74, 6) is -0.642. The number of halogens is 1. The highest BCUT2D eigenvalue weighted by Gasteiger charge is 2.24. The van der Waals surface area contributed by atoms with E-state index in [0.717, 1.165) is 4.31 Å². The molecule has 0 saturated carbocycles. The Kier molecular flexibility index (Phi) is 6.17. The van der Waals surface area contributed by atoms with Gasteiger partial charge in [0.05, 0.1) is 31.3 Å². The zero-order valence-electron chi connectivity index (χ0n) is 14.5. The van der Waals surface area contributed by atoms with Crippen LogP contribution in [0, 0.1) is 5.82 Å². The fourth-order valence-corrected chi connectivity index (χ4v) is 3.34. The summed E-state index contributed by atoms with van der Waals surface area (Å²) >= 11 is 0. The van der Waals surface area contributed by atoms with Crippen LogP contribution in [0.1, 0.15) is 0 Å². The van der Waals surface area contributed by atoms with Crippen molar-refractivity contribution in [1.82, 2.24) is 4.31 Å². The van der Waals surface area contributed by atoms with Crippen molar-refractivity contribution in [2.24, 2.45) is 0 Å². The molecule has 0 fully saturated rings. The molecule has 2 aromatic carbocycles. The van der Waals surface area contributed by atoms with Crippen LogP contribution < -0.4 is 14.8 Å². The largest absolute Gasteiger partial charge is 0.493 e. The van der Waals surface area contributed by atoms with Gasteiger partial charge in [-0.05, 0) is 24.3 Å². The first-order valence-electron chi connectivity index (χ1n) is 7.52. The van der Waals surface area contributed by atoms with Gasteiger partial charge in [0.2, 0.25) is 15.9 Å². The molecule has 2 aromatic rings. The van der Waals surface area contributed by atoms with Gasteiger partial charge < -0.3 is 14.8 Å². The average Bonchev–Trinajstić information content (AvgIpc) is 2.62. The molecule has 0 atom stereocenters. The van der Waals surface area contributed by atoms with E-state index in [1.807, 2.05) is 0 Å². The number of ether oxygens (including phenoxy) is 2. The smallest absolute Gasteiger partial charge is 0.243 e. The Bertz CT molecular complexity index is 902. The third kappa shape index (κ3) is 4.30. The molecule has 0 bridgehead atoms. The molecule has 0 radical (unpaired) electrons. The summed E-state index contributed by atoms with van der Waals surface area (Å²) in [5, 5.41) is 2.34. The second-order valence-corrected chi connectivity index (χ2v) is 7.35. The van der Waals surface area contributed by atoms with Gasteiger partial charge >= 0.3 is 0 Å². The standard InChI is InChI=1S/C17H19FN2O5S/c1-20(11-17(21)19-14-7-5-4-6-13(14)18)26(22,23)12-8-9-15(24-2)16(10-12)25-3/h4-10H,11H2,1-3H3,(H,19,21). The first-order chi connectivity index (χ1) is 12.3. The molecule has 0 spiro atoms. The lowest BCUT2D eigenvalue weighted by Crippen LogP contribution is -2.35. The maximum Gasteiger partial charge on any atom is 0.243 e. The summed E-state index contributed by atoms with van der Waals surface area (Å²) in [6.07, 6.45) is 0. The van der Waals surface area contributed by atoms with E-state index in [4.69, 9.17) is 9.47 Å². The number of nitrogens with one attached hydrogen (secondary N) is 1. The SMILES string of the molecule is COc1ccc(S(=O)(=O)N(C)CC(=O)Nc2ccccc2F)cc1OC. The maximum absolute atomic E-state index is 13.6. The number of nitrogens with zero attached hydrogens (tertiary/aromatic N) is 1. The number of anilines is 1. The maximum atomic E-state index is 13.6. The predicted octanol–water partition coefficient (Wildman–Crippen LogP) is 2.10. The van der Waals surface area contributed by atoms with E-state index < -0.39 is 28.3 Å². The minimum atomic E-state index is -3.95. The minimum Gasteiger partial charge on any atom is -0.493 e.